The Morgan fingerprint density at radius 2 is 1.95 bits per heavy atom. The van der Waals surface area contributed by atoms with Gasteiger partial charge < -0.3 is 14.4 Å². The second-order valence-corrected chi connectivity index (χ2v) is 7.42. The van der Waals surface area contributed by atoms with Gasteiger partial charge in [0.2, 0.25) is 5.43 Å². The second kappa shape index (κ2) is 5.20. The van der Waals surface area contributed by atoms with Gasteiger partial charge in [0.1, 0.15) is 5.69 Å². The Morgan fingerprint density at radius 3 is 2.64 bits per heavy atom. The van der Waals surface area contributed by atoms with E-state index in [-0.39, 0.29) is 22.7 Å². The largest absolute Gasteiger partial charge is 0.491 e. The van der Waals surface area contributed by atoms with Crippen LogP contribution in [0.4, 0.5) is 0 Å². The third-order valence-corrected chi connectivity index (χ3v) is 5.91. The van der Waals surface area contributed by atoms with Crippen LogP contribution >= 0.6 is 15.9 Å². The van der Waals surface area contributed by atoms with Gasteiger partial charge >= 0.3 is 0 Å². The molecule has 0 radical (unpaired) electrons. The zero-order valence-electron chi connectivity index (χ0n) is 12.8. The highest BCUT2D eigenvalue weighted by atomic mass is 79.9. The standard InChI is InChI=1S/C16H20BrNO4/c1-15-6-4-3-5-7-16(15,21)9-18-8-10(17)12(19)13(22-2)11(18)14(15)20/h8,21H,3-7,9H2,1-2H3. The number of ether oxygens (including phenoxy) is 1. The van der Waals surface area contributed by atoms with Gasteiger partial charge in [-0.3, -0.25) is 9.59 Å². The van der Waals surface area contributed by atoms with Crippen LogP contribution in [0.25, 0.3) is 0 Å². The molecular formula is C16H20BrNO4. The van der Waals surface area contributed by atoms with Crippen molar-refractivity contribution in [3.05, 3.63) is 26.6 Å². The third-order valence-electron chi connectivity index (χ3n) is 5.34. The van der Waals surface area contributed by atoms with Crippen molar-refractivity contribution in [2.75, 3.05) is 7.11 Å². The predicted octanol–water partition coefficient (Wildman–Crippen LogP) is 2.52. The average molecular weight is 370 g/mol. The average Bonchev–Trinajstić information content (AvgIpc) is 2.62. The molecule has 3 rings (SSSR count). The molecule has 120 valence electrons. The monoisotopic (exact) mass is 369 g/mol. The maximum Gasteiger partial charge on any atom is 0.238 e. The number of Topliss-reactive ketones (excluding diaryl/α,β-unsaturated/α-hetero) is 1. The van der Waals surface area contributed by atoms with Gasteiger partial charge in [-0.05, 0) is 35.7 Å². The van der Waals surface area contributed by atoms with Crippen LogP contribution in [0.15, 0.2) is 15.5 Å². The van der Waals surface area contributed by atoms with Crippen LogP contribution in [-0.4, -0.2) is 28.2 Å². The molecule has 0 bridgehead atoms. The second-order valence-electron chi connectivity index (χ2n) is 6.57. The van der Waals surface area contributed by atoms with E-state index in [1.165, 1.54) is 7.11 Å². The number of halogens is 1. The summed E-state index contributed by atoms with van der Waals surface area (Å²) in [4.78, 5) is 25.4. The number of methoxy groups -OCH3 is 1. The van der Waals surface area contributed by atoms with E-state index < -0.39 is 11.0 Å². The molecule has 0 amide bonds. The van der Waals surface area contributed by atoms with Crippen molar-refractivity contribution in [2.45, 2.75) is 51.2 Å². The van der Waals surface area contributed by atoms with Crippen LogP contribution in [0.2, 0.25) is 0 Å². The Kier molecular flexibility index (Phi) is 3.72. The summed E-state index contributed by atoms with van der Waals surface area (Å²) in [5.74, 6) is -0.128. The predicted molar refractivity (Wildman–Crippen MR) is 85.4 cm³/mol. The summed E-state index contributed by atoms with van der Waals surface area (Å²) in [6.07, 6.45) is 5.65. The summed E-state index contributed by atoms with van der Waals surface area (Å²) in [5, 5.41) is 11.2. The zero-order chi connectivity index (χ0) is 16.1. The van der Waals surface area contributed by atoms with Crippen LogP contribution in [0.3, 0.4) is 0 Å². The van der Waals surface area contributed by atoms with Gasteiger partial charge in [0.15, 0.2) is 11.5 Å². The van der Waals surface area contributed by atoms with E-state index in [1.807, 2.05) is 6.92 Å². The van der Waals surface area contributed by atoms with Gasteiger partial charge in [0.05, 0.1) is 29.1 Å². The highest BCUT2D eigenvalue weighted by Crippen LogP contribution is 2.49. The van der Waals surface area contributed by atoms with Crippen molar-refractivity contribution in [3.63, 3.8) is 0 Å². The zero-order valence-corrected chi connectivity index (χ0v) is 14.4. The minimum Gasteiger partial charge on any atom is -0.491 e. The summed E-state index contributed by atoms with van der Waals surface area (Å²) < 4.78 is 7.22. The molecular weight excluding hydrogens is 350 g/mol. The molecule has 1 saturated carbocycles. The highest BCUT2D eigenvalue weighted by Gasteiger charge is 2.56. The molecule has 2 atom stereocenters. The van der Waals surface area contributed by atoms with Gasteiger partial charge in [-0.15, -0.1) is 0 Å². The van der Waals surface area contributed by atoms with Crippen molar-refractivity contribution in [1.29, 1.82) is 0 Å². The number of hydrogen-bond donors (Lipinski definition) is 1. The van der Waals surface area contributed by atoms with E-state index in [2.05, 4.69) is 15.9 Å². The summed E-state index contributed by atoms with van der Waals surface area (Å²) in [6.45, 7) is 2.13. The fraction of sp³-hybridized carbons (Fsp3) is 0.625. The SMILES string of the molecule is COc1c2n(cc(Br)c1=O)CC1(O)CCCCCC1(C)C2=O. The molecule has 1 aliphatic heterocycles. The number of nitrogens with zero attached hydrogens (tertiary/aromatic N) is 1. The van der Waals surface area contributed by atoms with E-state index in [4.69, 9.17) is 4.74 Å². The fourth-order valence-corrected chi connectivity index (χ4v) is 4.28. The Labute approximate surface area is 137 Å². The lowest BCUT2D eigenvalue weighted by Gasteiger charge is -2.47. The molecule has 22 heavy (non-hydrogen) atoms. The summed E-state index contributed by atoms with van der Waals surface area (Å²) >= 11 is 3.21. The van der Waals surface area contributed by atoms with Crippen molar-refractivity contribution in [3.8, 4) is 5.75 Å². The van der Waals surface area contributed by atoms with E-state index >= 15 is 0 Å². The van der Waals surface area contributed by atoms with Gasteiger partial charge in [-0.25, -0.2) is 0 Å². The van der Waals surface area contributed by atoms with Crippen LogP contribution in [0, 0.1) is 5.41 Å². The molecule has 1 aliphatic carbocycles. The van der Waals surface area contributed by atoms with Crippen molar-refractivity contribution in [2.24, 2.45) is 5.41 Å². The summed E-state index contributed by atoms with van der Waals surface area (Å²) in [7, 11) is 1.40. The molecule has 1 fully saturated rings. The Bertz CT molecular complexity index is 698. The lowest BCUT2D eigenvalue weighted by atomic mass is 9.64. The summed E-state index contributed by atoms with van der Waals surface area (Å²) in [5.41, 5.74) is -1.99. The first-order valence-electron chi connectivity index (χ1n) is 7.58. The third kappa shape index (κ3) is 2.00. The maximum absolute atomic E-state index is 13.2. The van der Waals surface area contributed by atoms with Crippen LogP contribution < -0.4 is 10.2 Å². The van der Waals surface area contributed by atoms with Gasteiger partial charge in [-0.2, -0.15) is 0 Å². The minimum absolute atomic E-state index is 0.0619. The van der Waals surface area contributed by atoms with E-state index in [9.17, 15) is 14.7 Å². The van der Waals surface area contributed by atoms with Gasteiger partial charge in [0, 0.05) is 6.20 Å². The molecule has 2 heterocycles. The summed E-state index contributed by atoms with van der Waals surface area (Å²) in [6, 6.07) is 0. The molecule has 0 aromatic carbocycles. The maximum atomic E-state index is 13.2. The number of ketones is 1. The first-order chi connectivity index (χ1) is 10.3. The van der Waals surface area contributed by atoms with Crippen molar-refractivity contribution in [1.82, 2.24) is 4.57 Å². The first-order valence-corrected chi connectivity index (χ1v) is 8.37. The molecule has 0 saturated heterocycles. The number of rotatable bonds is 1. The first kappa shape index (κ1) is 15.7. The number of aliphatic hydroxyl groups is 1. The Hall–Kier alpha value is -1.14. The van der Waals surface area contributed by atoms with Crippen LogP contribution in [-0.2, 0) is 6.54 Å². The van der Waals surface area contributed by atoms with E-state index in [0.717, 1.165) is 19.3 Å². The molecule has 1 aromatic heterocycles. The minimum atomic E-state index is -1.08. The van der Waals surface area contributed by atoms with E-state index in [0.29, 0.717) is 23.9 Å². The number of fused-ring (bicyclic) bond motifs is 2. The smallest absolute Gasteiger partial charge is 0.238 e. The van der Waals surface area contributed by atoms with Gasteiger partial charge in [-0.1, -0.05) is 19.3 Å². The molecule has 1 aromatic rings. The topological polar surface area (TPSA) is 68.5 Å². The number of hydrogen-bond acceptors (Lipinski definition) is 4. The van der Waals surface area contributed by atoms with Crippen molar-refractivity contribution >= 4 is 21.7 Å². The lowest BCUT2D eigenvalue weighted by Crippen LogP contribution is -2.58. The Morgan fingerprint density at radius 1 is 1.27 bits per heavy atom. The quantitative estimate of drug-likeness (QED) is 0.825. The van der Waals surface area contributed by atoms with Gasteiger partial charge in [0.25, 0.3) is 0 Å². The molecule has 6 heteroatoms. The van der Waals surface area contributed by atoms with Crippen LogP contribution in [0.5, 0.6) is 5.75 Å². The highest BCUT2D eigenvalue weighted by molar-refractivity contribution is 9.10. The number of carbonyl (C=O) groups excluding carboxylic acids is 1. The van der Waals surface area contributed by atoms with E-state index in [1.54, 1.807) is 10.8 Å². The molecule has 2 aliphatic rings. The molecule has 1 N–H and O–H groups in total. The normalized spacial score (nSPS) is 31.2. The number of pyridine rings is 1. The number of aromatic nitrogens is 1. The molecule has 2 unspecified atom stereocenters. The van der Waals surface area contributed by atoms with Crippen LogP contribution in [0.1, 0.15) is 49.5 Å². The molecule has 5 nitrogen and oxygen atoms in total. The number of carbonyl (C=O) groups is 1. The Balaban J connectivity index is 2.27. The van der Waals surface area contributed by atoms with Crippen molar-refractivity contribution < 1.29 is 14.6 Å². The lowest BCUT2D eigenvalue weighted by molar-refractivity contribution is -0.0832. The fourth-order valence-electron chi connectivity index (χ4n) is 3.86. The molecule has 0 spiro atoms.